The van der Waals surface area contributed by atoms with Crippen LogP contribution in [0.25, 0.3) is 33.3 Å². The van der Waals surface area contributed by atoms with Gasteiger partial charge in [0.1, 0.15) is 0 Å². The topological polar surface area (TPSA) is 97.9 Å². The second-order valence-corrected chi connectivity index (χ2v) is 8.88. The molecule has 0 fully saturated rings. The first-order valence-corrected chi connectivity index (χ1v) is 11.5. The Balaban J connectivity index is 1.83. The van der Waals surface area contributed by atoms with Gasteiger partial charge in [-0.15, -0.1) is 0 Å². The second kappa shape index (κ2) is 10.5. The molecule has 0 aliphatic carbocycles. The number of aliphatic hydroxyl groups is 4. The standard InChI is InChI=1S/C28H32N2O4/c1-20-12-13-25-24(14-20)26(21-8-4-2-5-9-21)27(22-10-6-3-7-11-22)30(25)16-23(34)15-29-28(17-31,18-32)19-33/h2-14,23,29,31-34H,15-19H2,1H3. The molecule has 1 aromatic heterocycles. The third kappa shape index (κ3) is 4.78. The number of hydrogen-bond acceptors (Lipinski definition) is 5. The zero-order valence-electron chi connectivity index (χ0n) is 19.4. The van der Waals surface area contributed by atoms with Crippen molar-refractivity contribution in [1.29, 1.82) is 0 Å². The van der Waals surface area contributed by atoms with Crippen LogP contribution in [0, 0.1) is 6.92 Å². The molecule has 0 aliphatic rings. The minimum atomic E-state index is -1.24. The fourth-order valence-electron chi connectivity index (χ4n) is 4.38. The van der Waals surface area contributed by atoms with Crippen molar-refractivity contribution >= 4 is 10.9 Å². The summed E-state index contributed by atoms with van der Waals surface area (Å²) in [7, 11) is 0. The van der Waals surface area contributed by atoms with Gasteiger partial charge in [-0.25, -0.2) is 0 Å². The minimum Gasteiger partial charge on any atom is -0.394 e. The summed E-state index contributed by atoms with van der Waals surface area (Å²) in [5, 5.41) is 43.8. The molecule has 0 saturated heterocycles. The highest BCUT2D eigenvalue weighted by Gasteiger charge is 2.29. The zero-order valence-corrected chi connectivity index (χ0v) is 19.4. The van der Waals surface area contributed by atoms with E-state index >= 15 is 0 Å². The first kappa shape index (κ1) is 24.1. The van der Waals surface area contributed by atoms with Crippen LogP contribution in [0.4, 0.5) is 0 Å². The maximum absolute atomic E-state index is 11.0. The van der Waals surface area contributed by atoms with Gasteiger partial charge in [0, 0.05) is 23.0 Å². The van der Waals surface area contributed by atoms with Crippen molar-refractivity contribution in [3.05, 3.63) is 84.4 Å². The van der Waals surface area contributed by atoms with Gasteiger partial charge in [-0.05, 0) is 30.2 Å². The van der Waals surface area contributed by atoms with Gasteiger partial charge in [0.15, 0.2) is 0 Å². The van der Waals surface area contributed by atoms with Gasteiger partial charge >= 0.3 is 0 Å². The predicted octanol–water partition coefficient (Wildman–Crippen LogP) is 2.95. The lowest BCUT2D eigenvalue weighted by Crippen LogP contribution is -2.56. The highest BCUT2D eigenvalue weighted by atomic mass is 16.3. The van der Waals surface area contributed by atoms with E-state index in [9.17, 15) is 20.4 Å². The van der Waals surface area contributed by atoms with E-state index in [0.717, 1.165) is 38.9 Å². The molecule has 4 aromatic rings. The molecule has 6 heteroatoms. The first-order valence-electron chi connectivity index (χ1n) is 11.5. The van der Waals surface area contributed by atoms with E-state index < -0.39 is 31.5 Å². The summed E-state index contributed by atoms with van der Waals surface area (Å²) in [6, 6.07) is 26.7. The number of benzene rings is 3. The summed E-state index contributed by atoms with van der Waals surface area (Å²) in [6.45, 7) is 1.15. The van der Waals surface area contributed by atoms with Crippen LogP contribution in [-0.4, -0.2) is 63.0 Å². The number of rotatable bonds is 10. The molecule has 3 aromatic carbocycles. The van der Waals surface area contributed by atoms with Crippen molar-refractivity contribution in [2.24, 2.45) is 0 Å². The number of fused-ring (bicyclic) bond motifs is 1. The summed E-state index contributed by atoms with van der Waals surface area (Å²) < 4.78 is 2.14. The Bertz CT molecular complexity index is 1210. The lowest BCUT2D eigenvalue weighted by Gasteiger charge is -2.30. The zero-order chi connectivity index (χ0) is 24.1. The second-order valence-electron chi connectivity index (χ2n) is 8.88. The average Bonchev–Trinajstić information content (AvgIpc) is 3.19. The van der Waals surface area contributed by atoms with Crippen molar-refractivity contribution in [1.82, 2.24) is 9.88 Å². The Labute approximate surface area is 199 Å². The van der Waals surface area contributed by atoms with Crippen molar-refractivity contribution in [2.45, 2.75) is 25.1 Å². The molecular formula is C28H32N2O4. The van der Waals surface area contributed by atoms with E-state index in [0.29, 0.717) is 6.54 Å². The number of aryl methyl sites for hydroxylation is 1. The van der Waals surface area contributed by atoms with Gasteiger partial charge in [-0.3, -0.25) is 0 Å². The number of aliphatic hydroxyl groups excluding tert-OH is 4. The molecule has 4 rings (SSSR count). The number of nitrogens with zero attached hydrogens (tertiary/aromatic N) is 1. The minimum absolute atomic E-state index is 0.0993. The van der Waals surface area contributed by atoms with E-state index in [1.807, 2.05) is 36.4 Å². The normalized spacial score (nSPS) is 12.9. The van der Waals surface area contributed by atoms with Gasteiger partial charge in [-0.2, -0.15) is 0 Å². The van der Waals surface area contributed by atoms with Gasteiger partial charge in [0.05, 0.1) is 43.7 Å². The van der Waals surface area contributed by atoms with E-state index in [1.54, 1.807) is 0 Å². The molecule has 1 unspecified atom stereocenters. The van der Waals surface area contributed by atoms with Crippen molar-refractivity contribution in [2.75, 3.05) is 26.4 Å². The fourth-order valence-corrected chi connectivity index (χ4v) is 4.38. The Morgan fingerprint density at radius 1 is 0.824 bits per heavy atom. The first-order chi connectivity index (χ1) is 16.5. The Morgan fingerprint density at radius 2 is 1.41 bits per heavy atom. The Kier molecular flexibility index (Phi) is 7.46. The summed E-state index contributed by atoms with van der Waals surface area (Å²) in [5.41, 5.74) is 5.20. The molecule has 0 bridgehead atoms. The van der Waals surface area contributed by atoms with E-state index in [2.05, 4.69) is 59.3 Å². The van der Waals surface area contributed by atoms with Crippen LogP contribution in [0.15, 0.2) is 78.9 Å². The van der Waals surface area contributed by atoms with Crippen molar-refractivity contribution in [3.8, 4) is 22.4 Å². The maximum Gasteiger partial charge on any atom is 0.0882 e. The molecule has 178 valence electrons. The molecular weight excluding hydrogens is 428 g/mol. The molecule has 0 amide bonds. The van der Waals surface area contributed by atoms with Crippen LogP contribution >= 0.6 is 0 Å². The van der Waals surface area contributed by atoms with Crippen LogP contribution in [-0.2, 0) is 6.54 Å². The smallest absolute Gasteiger partial charge is 0.0882 e. The Hall–Kier alpha value is -3.00. The van der Waals surface area contributed by atoms with Crippen LogP contribution in [0.5, 0.6) is 0 Å². The lowest BCUT2D eigenvalue weighted by molar-refractivity contribution is 0.0308. The number of aromatic nitrogens is 1. The Morgan fingerprint density at radius 3 is 2.00 bits per heavy atom. The van der Waals surface area contributed by atoms with Crippen LogP contribution in [0.2, 0.25) is 0 Å². The monoisotopic (exact) mass is 460 g/mol. The fraction of sp³-hybridized carbons (Fsp3) is 0.286. The molecule has 0 spiro atoms. The van der Waals surface area contributed by atoms with Crippen LogP contribution in [0.1, 0.15) is 5.56 Å². The molecule has 34 heavy (non-hydrogen) atoms. The largest absolute Gasteiger partial charge is 0.394 e. The predicted molar refractivity (Wildman–Crippen MR) is 136 cm³/mol. The number of hydrogen-bond donors (Lipinski definition) is 5. The number of nitrogens with one attached hydrogen (secondary N) is 1. The summed E-state index contributed by atoms with van der Waals surface area (Å²) in [5.74, 6) is 0. The third-order valence-electron chi connectivity index (χ3n) is 6.34. The van der Waals surface area contributed by atoms with E-state index in [1.165, 1.54) is 0 Å². The molecule has 0 radical (unpaired) electrons. The van der Waals surface area contributed by atoms with Crippen LogP contribution in [0.3, 0.4) is 0 Å². The summed E-state index contributed by atoms with van der Waals surface area (Å²) in [6.07, 6.45) is -0.827. The highest BCUT2D eigenvalue weighted by Crippen LogP contribution is 2.41. The molecule has 1 atom stereocenters. The summed E-state index contributed by atoms with van der Waals surface area (Å²) in [4.78, 5) is 0. The SMILES string of the molecule is Cc1ccc2c(c1)c(-c1ccccc1)c(-c1ccccc1)n2CC(O)CNC(CO)(CO)CO. The molecule has 6 nitrogen and oxygen atoms in total. The average molecular weight is 461 g/mol. The quantitative estimate of drug-likeness (QED) is 0.251. The number of β-amino-alcohol motifs (C(OH)–C–C–N with tert-alkyl or cyclic N) is 1. The van der Waals surface area contributed by atoms with Crippen molar-refractivity contribution in [3.63, 3.8) is 0 Å². The maximum atomic E-state index is 11.0. The molecule has 5 N–H and O–H groups in total. The van der Waals surface area contributed by atoms with Gasteiger partial charge < -0.3 is 30.3 Å². The van der Waals surface area contributed by atoms with E-state index in [4.69, 9.17) is 0 Å². The highest BCUT2D eigenvalue weighted by molar-refractivity contribution is 6.04. The van der Waals surface area contributed by atoms with Gasteiger partial charge in [0.2, 0.25) is 0 Å². The third-order valence-corrected chi connectivity index (χ3v) is 6.34. The van der Waals surface area contributed by atoms with E-state index in [-0.39, 0.29) is 6.54 Å². The lowest BCUT2D eigenvalue weighted by atomic mass is 9.97. The van der Waals surface area contributed by atoms with Gasteiger partial charge in [0.25, 0.3) is 0 Å². The van der Waals surface area contributed by atoms with Gasteiger partial charge in [-0.1, -0.05) is 72.3 Å². The molecule has 1 heterocycles. The summed E-state index contributed by atoms with van der Waals surface area (Å²) >= 11 is 0. The molecule has 0 saturated carbocycles. The molecule has 0 aliphatic heterocycles. The van der Waals surface area contributed by atoms with Crippen LogP contribution < -0.4 is 5.32 Å². The van der Waals surface area contributed by atoms with Crippen molar-refractivity contribution < 1.29 is 20.4 Å².